The zero-order chi connectivity index (χ0) is 13.7. The molecule has 0 saturated heterocycles. The number of hydrogen-bond donors (Lipinski definition) is 1. The van der Waals surface area contributed by atoms with Gasteiger partial charge in [-0.1, -0.05) is 17.7 Å². The maximum Gasteiger partial charge on any atom is 0.183 e. The highest BCUT2D eigenvalue weighted by atomic mass is 35.5. The van der Waals surface area contributed by atoms with Crippen molar-refractivity contribution in [3.05, 3.63) is 50.9 Å². The smallest absolute Gasteiger partial charge is 0.183 e. The molecule has 0 aliphatic carbocycles. The Labute approximate surface area is 121 Å². The summed E-state index contributed by atoms with van der Waals surface area (Å²) < 4.78 is 18.9. The zero-order valence-electron chi connectivity index (χ0n) is 10.6. The molecule has 0 saturated carbocycles. The quantitative estimate of drug-likeness (QED) is 0.814. The lowest BCUT2D eigenvalue weighted by molar-refractivity contribution is 0.298. The lowest BCUT2D eigenvalue weighted by atomic mass is 10.3. The van der Waals surface area contributed by atoms with Gasteiger partial charge in [0.1, 0.15) is 6.61 Å². The van der Waals surface area contributed by atoms with Crippen molar-refractivity contribution in [3.8, 4) is 5.75 Å². The van der Waals surface area contributed by atoms with E-state index in [1.165, 1.54) is 16.5 Å². The van der Waals surface area contributed by atoms with Crippen LogP contribution in [0.1, 0.15) is 10.4 Å². The van der Waals surface area contributed by atoms with E-state index in [1.807, 2.05) is 0 Å². The van der Waals surface area contributed by atoms with E-state index >= 15 is 0 Å². The number of rotatable bonds is 6. The maximum absolute atomic E-state index is 13.5. The molecule has 0 aliphatic heterocycles. The van der Waals surface area contributed by atoms with Crippen LogP contribution in [0.2, 0.25) is 5.02 Å². The first kappa shape index (κ1) is 14.3. The van der Waals surface area contributed by atoms with Gasteiger partial charge in [0, 0.05) is 18.0 Å². The molecule has 0 amide bonds. The van der Waals surface area contributed by atoms with E-state index in [-0.39, 0.29) is 10.8 Å². The summed E-state index contributed by atoms with van der Waals surface area (Å²) in [5.41, 5.74) is 1.29. The third-order valence-electron chi connectivity index (χ3n) is 2.71. The Morgan fingerprint density at radius 1 is 1.37 bits per heavy atom. The topological polar surface area (TPSA) is 21.3 Å². The van der Waals surface area contributed by atoms with Crippen LogP contribution in [0.5, 0.6) is 5.75 Å². The number of ether oxygens (including phenoxy) is 1. The van der Waals surface area contributed by atoms with Crippen molar-refractivity contribution >= 4 is 22.9 Å². The minimum Gasteiger partial charge on any atom is -0.489 e. The van der Waals surface area contributed by atoms with Crippen LogP contribution in [0.25, 0.3) is 0 Å². The Morgan fingerprint density at radius 2 is 2.21 bits per heavy atom. The second kappa shape index (κ2) is 6.89. The van der Waals surface area contributed by atoms with Gasteiger partial charge in [0.15, 0.2) is 11.6 Å². The van der Waals surface area contributed by atoms with Crippen LogP contribution in [-0.4, -0.2) is 13.2 Å². The molecule has 102 valence electrons. The molecule has 0 unspecified atom stereocenters. The minimum absolute atomic E-state index is 0.0830. The largest absolute Gasteiger partial charge is 0.489 e. The summed E-state index contributed by atoms with van der Waals surface area (Å²) in [6.45, 7) is 3.96. The van der Waals surface area contributed by atoms with Gasteiger partial charge in [-0.05, 0) is 36.1 Å². The Kier molecular flexibility index (Phi) is 5.19. The number of halogens is 2. The van der Waals surface area contributed by atoms with Crippen LogP contribution < -0.4 is 10.1 Å². The van der Waals surface area contributed by atoms with E-state index in [2.05, 4.69) is 23.7 Å². The molecule has 0 radical (unpaired) electrons. The second-order valence-corrected chi connectivity index (χ2v) is 5.51. The molecule has 0 fully saturated rings. The number of thiophene rings is 1. The molecule has 1 aromatic heterocycles. The molecule has 1 N–H and O–H groups in total. The van der Waals surface area contributed by atoms with Gasteiger partial charge in [-0.3, -0.25) is 0 Å². The average Bonchev–Trinajstić information content (AvgIpc) is 2.80. The van der Waals surface area contributed by atoms with Gasteiger partial charge in [-0.2, -0.15) is 0 Å². The lowest BCUT2D eigenvalue weighted by Crippen LogP contribution is -2.20. The molecule has 0 spiro atoms. The maximum atomic E-state index is 13.5. The standard InChI is InChI=1S/C14H15ClFNOS/c1-10-5-8-19-13(10)9-17-6-7-18-12-4-2-3-11(15)14(12)16/h2-5,8,17H,6-7,9H2,1H3. The summed E-state index contributed by atoms with van der Waals surface area (Å²) in [7, 11) is 0. The summed E-state index contributed by atoms with van der Waals surface area (Å²) in [5, 5.41) is 5.42. The van der Waals surface area contributed by atoms with Crippen molar-refractivity contribution in [2.24, 2.45) is 0 Å². The van der Waals surface area contributed by atoms with Crippen LogP contribution in [0, 0.1) is 12.7 Å². The summed E-state index contributed by atoms with van der Waals surface area (Å²) in [6.07, 6.45) is 0. The molecule has 19 heavy (non-hydrogen) atoms. The van der Waals surface area contributed by atoms with E-state index in [9.17, 15) is 4.39 Å². The highest BCUT2D eigenvalue weighted by Crippen LogP contribution is 2.23. The SMILES string of the molecule is Cc1ccsc1CNCCOc1cccc(Cl)c1F. The minimum atomic E-state index is -0.502. The molecule has 0 aliphatic rings. The predicted molar refractivity (Wildman–Crippen MR) is 77.7 cm³/mol. The molecule has 2 nitrogen and oxygen atoms in total. The van der Waals surface area contributed by atoms with E-state index < -0.39 is 5.82 Å². The van der Waals surface area contributed by atoms with Crippen LogP contribution in [-0.2, 0) is 6.54 Å². The lowest BCUT2D eigenvalue weighted by Gasteiger charge is -2.08. The van der Waals surface area contributed by atoms with Gasteiger partial charge in [0.05, 0.1) is 5.02 Å². The van der Waals surface area contributed by atoms with E-state index in [1.54, 1.807) is 23.5 Å². The van der Waals surface area contributed by atoms with Crippen molar-refractivity contribution in [3.63, 3.8) is 0 Å². The fourth-order valence-electron chi connectivity index (χ4n) is 1.62. The number of aryl methyl sites for hydroxylation is 1. The highest BCUT2D eigenvalue weighted by molar-refractivity contribution is 7.10. The van der Waals surface area contributed by atoms with E-state index in [0.717, 1.165) is 6.54 Å². The van der Waals surface area contributed by atoms with Crippen LogP contribution in [0.3, 0.4) is 0 Å². The molecular weight excluding hydrogens is 285 g/mol. The van der Waals surface area contributed by atoms with Gasteiger partial charge >= 0.3 is 0 Å². The first-order chi connectivity index (χ1) is 9.18. The Balaban J connectivity index is 1.72. The highest BCUT2D eigenvalue weighted by Gasteiger charge is 2.06. The predicted octanol–water partition coefficient (Wildman–Crippen LogP) is 4.02. The second-order valence-electron chi connectivity index (χ2n) is 4.10. The molecule has 1 aromatic carbocycles. The molecule has 2 aromatic rings. The molecule has 2 rings (SSSR count). The normalized spacial score (nSPS) is 10.7. The summed E-state index contributed by atoms with van der Waals surface area (Å²) in [5.74, 6) is -0.306. The fraction of sp³-hybridized carbons (Fsp3) is 0.286. The van der Waals surface area contributed by atoms with Crippen molar-refractivity contribution in [1.29, 1.82) is 0 Å². The van der Waals surface area contributed by atoms with Gasteiger partial charge in [0.2, 0.25) is 0 Å². The number of hydrogen-bond acceptors (Lipinski definition) is 3. The first-order valence-corrected chi connectivity index (χ1v) is 7.24. The number of nitrogens with one attached hydrogen (secondary N) is 1. The van der Waals surface area contributed by atoms with Crippen molar-refractivity contribution in [2.75, 3.05) is 13.2 Å². The average molecular weight is 300 g/mol. The summed E-state index contributed by atoms with van der Waals surface area (Å²) in [6, 6.07) is 6.84. The van der Waals surface area contributed by atoms with Gasteiger partial charge in [-0.15, -0.1) is 11.3 Å². The number of benzene rings is 1. The summed E-state index contributed by atoms with van der Waals surface area (Å²) >= 11 is 7.40. The molecule has 5 heteroatoms. The third-order valence-corrected chi connectivity index (χ3v) is 4.02. The van der Waals surface area contributed by atoms with E-state index in [0.29, 0.717) is 13.2 Å². The van der Waals surface area contributed by atoms with E-state index in [4.69, 9.17) is 16.3 Å². The fourth-order valence-corrected chi connectivity index (χ4v) is 2.66. The van der Waals surface area contributed by atoms with Crippen LogP contribution in [0.4, 0.5) is 4.39 Å². The Bertz CT molecular complexity index is 544. The first-order valence-electron chi connectivity index (χ1n) is 5.99. The third kappa shape index (κ3) is 3.93. The van der Waals surface area contributed by atoms with Crippen LogP contribution in [0.15, 0.2) is 29.6 Å². The van der Waals surface area contributed by atoms with Crippen molar-refractivity contribution < 1.29 is 9.13 Å². The molecule has 1 heterocycles. The molecule has 0 atom stereocenters. The van der Waals surface area contributed by atoms with Crippen molar-refractivity contribution in [1.82, 2.24) is 5.32 Å². The van der Waals surface area contributed by atoms with Gasteiger partial charge < -0.3 is 10.1 Å². The Hall–Kier alpha value is -1.10. The van der Waals surface area contributed by atoms with Crippen LogP contribution >= 0.6 is 22.9 Å². The molecular formula is C14H15ClFNOS. The van der Waals surface area contributed by atoms with Gasteiger partial charge in [-0.25, -0.2) is 4.39 Å². The Morgan fingerprint density at radius 3 is 2.95 bits per heavy atom. The van der Waals surface area contributed by atoms with Crippen molar-refractivity contribution in [2.45, 2.75) is 13.5 Å². The molecule has 0 bridgehead atoms. The zero-order valence-corrected chi connectivity index (χ0v) is 12.2. The van der Waals surface area contributed by atoms with Gasteiger partial charge in [0.25, 0.3) is 0 Å². The monoisotopic (exact) mass is 299 g/mol. The summed E-state index contributed by atoms with van der Waals surface area (Å²) in [4.78, 5) is 1.31.